The number of aryl methyl sites for hydroxylation is 1. The van der Waals surface area contributed by atoms with Gasteiger partial charge in [-0.3, -0.25) is 14.9 Å². The van der Waals surface area contributed by atoms with Crippen molar-refractivity contribution in [2.24, 2.45) is 13.0 Å². The molecule has 2 saturated carbocycles. The lowest BCUT2D eigenvalue weighted by molar-refractivity contribution is -0.140. The Morgan fingerprint density at radius 2 is 1.85 bits per heavy atom. The summed E-state index contributed by atoms with van der Waals surface area (Å²) in [6, 6.07) is 9.98. The van der Waals surface area contributed by atoms with Crippen LogP contribution >= 0.6 is 23.2 Å². The number of benzene rings is 2. The zero-order valence-corrected chi connectivity index (χ0v) is 23.6. The second-order valence-corrected chi connectivity index (χ2v) is 11.6. The highest BCUT2D eigenvalue weighted by Crippen LogP contribution is 2.42. The van der Waals surface area contributed by atoms with Gasteiger partial charge in [0.05, 0.1) is 22.6 Å². The van der Waals surface area contributed by atoms with E-state index in [9.17, 15) is 18.0 Å². The summed E-state index contributed by atoms with van der Waals surface area (Å²) in [6.07, 6.45) is 4.15. The quantitative estimate of drug-likeness (QED) is 0.234. The van der Waals surface area contributed by atoms with E-state index in [2.05, 4.69) is 10.4 Å². The van der Waals surface area contributed by atoms with Crippen LogP contribution in [-0.4, -0.2) is 24.8 Å². The molecule has 0 spiro atoms. The van der Waals surface area contributed by atoms with E-state index in [0.717, 1.165) is 35.9 Å². The summed E-state index contributed by atoms with van der Waals surface area (Å²) in [5.41, 5.74) is 1.00. The van der Waals surface area contributed by atoms with Crippen molar-refractivity contribution < 1.29 is 18.0 Å². The van der Waals surface area contributed by atoms with Gasteiger partial charge in [0.15, 0.2) is 5.69 Å². The van der Waals surface area contributed by atoms with Gasteiger partial charge in [0.2, 0.25) is 5.62 Å². The Hall–Kier alpha value is -3.50. The lowest BCUT2D eigenvalue weighted by Crippen LogP contribution is -2.30. The Kier molecular flexibility index (Phi) is 7.02. The first kappa shape index (κ1) is 27.7. The maximum atomic E-state index is 13.9. The van der Waals surface area contributed by atoms with Gasteiger partial charge in [0.25, 0.3) is 5.91 Å². The van der Waals surface area contributed by atoms with E-state index in [4.69, 9.17) is 28.6 Å². The molecule has 2 aromatic heterocycles. The Morgan fingerprint density at radius 3 is 2.51 bits per heavy atom. The molecule has 2 aromatic carbocycles. The molecule has 2 heterocycles. The van der Waals surface area contributed by atoms with Crippen molar-refractivity contribution >= 4 is 29.1 Å². The van der Waals surface area contributed by atoms with Crippen molar-refractivity contribution in [2.45, 2.75) is 50.5 Å². The highest BCUT2D eigenvalue weighted by Gasteiger charge is 2.38. The maximum Gasteiger partial charge on any atom is 0.435 e. The molecule has 6 rings (SSSR count). The summed E-state index contributed by atoms with van der Waals surface area (Å²) in [7, 11) is 1.43. The molecule has 2 aliphatic rings. The van der Waals surface area contributed by atoms with Gasteiger partial charge in [-0.25, -0.2) is 0 Å². The van der Waals surface area contributed by atoms with Crippen LogP contribution in [0.3, 0.4) is 0 Å². The van der Waals surface area contributed by atoms with Gasteiger partial charge in [0, 0.05) is 42.8 Å². The first-order chi connectivity index (χ1) is 19.5. The van der Waals surface area contributed by atoms with Gasteiger partial charge >= 0.3 is 6.18 Å². The van der Waals surface area contributed by atoms with Crippen molar-refractivity contribution in [3.63, 3.8) is 0 Å². The topological polar surface area (TPSA) is 80.6 Å². The number of carbonyl (C=O) groups is 1. The Balaban J connectivity index is 1.39. The summed E-state index contributed by atoms with van der Waals surface area (Å²) in [4.78, 5) is 13.7. The third-order valence-electron chi connectivity index (χ3n) is 7.56. The van der Waals surface area contributed by atoms with Crippen LogP contribution in [0.25, 0.3) is 11.1 Å². The third-order valence-corrected chi connectivity index (χ3v) is 8.30. The molecule has 1 atom stereocenters. The predicted molar refractivity (Wildman–Crippen MR) is 149 cm³/mol. The van der Waals surface area contributed by atoms with Crippen LogP contribution in [-0.2, 0) is 19.8 Å². The second kappa shape index (κ2) is 10.4. The molecule has 0 saturated heterocycles. The van der Waals surface area contributed by atoms with Crippen LogP contribution in [0.1, 0.15) is 64.9 Å². The lowest BCUT2D eigenvalue weighted by atomic mass is 9.98. The van der Waals surface area contributed by atoms with E-state index >= 15 is 0 Å². The largest absolute Gasteiger partial charge is 0.435 e. The number of hydrogen-bond acceptors (Lipinski definition) is 3. The fourth-order valence-corrected chi connectivity index (χ4v) is 5.53. The minimum atomic E-state index is -4.68. The molecule has 1 amide bonds. The van der Waals surface area contributed by atoms with Gasteiger partial charge in [-0.2, -0.15) is 18.3 Å². The summed E-state index contributed by atoms with van der Waals surface area (Å²) in [5.74, 6) is -0.196. The van der Waals surface area contributed by atoms with Gasteiger partial charge in [-0.1, -0.05) is 29.3 Å². The predicted octanol–water partition coefficient (Wildman–Crippen LogP) is 6.76. The number of imidazole rings is 1. The van der Waals surface area contributed by atoms with Crippen LogP contribution in [0.15, 0.2) is 55.0 Å². The maximum absolute atomic E-state index is 13.9. The first-order valence-corrected chi connectivity index (χ1v) is 14.1. The van der Waals surface area contributed by atoms with Crippen molar-refractivity contribution in [3.8, 4) is 11.1 Å². The molecule has 12 heteroatoms. The molecule has 4 aromatic rings. The number of alkyl halides is 3. The van der Waals surface area contributed by atoms with Crippen LogP contribution < -0.4 is 10.9 Å². The van der Waals surface area contributed by atoms with Crippen molar-refractivity contribution in [1.82, 2.24) is 24.2 Å². The second-order valence-electron chi connectivity index (χ2n) is 10.8. The van der Waals surface area contributed by atoms with Gasteiger partial charge in [0.1, 0.15) is 0 Å². The summed E-state index contributed by atoms with van der Waals surface area (Å²) >= 11 is 12.3. The first-order valence-electron chi connectivity index (χ1n) is 13.3. The Labute approximate surface area is 244 Å². The molecule has 214 valence electrons. The number of rotatable bonds is 8. The van der Waals surface area contributed by atoms with Crippen molar-refractivity contribution in [3.05, 3.63) is 93.0 Å². The number of halogens is 5. The van der Waals surface area contributed by atoms with E-state index in [1.807, 2.05) is 16.8 Å². The molecule has 1 unspecified atom stereocenters. The SMILES string of the molecule is Cn1cc(-c2cc(Cn3ccn(C4CC4)c3=N)cc(C(=O)NC(c3ccc(Cl)c(Cl)c3)C3CC3)c2)c(C(F)(F)F)n1. The minimum Gasteiger partial charge on any atom is -0.345 e. The van der Waals surface area contributed by atoms with Crippen LogP contribution in [0.5, 0.6) is 0 Å². The molecule has 2 aliphatic carbocycles. The molecular weight excluding hydrogens is 576 g/mol. The molecule has 0 aliphatic heterocycles. The number of nitrogens with zero attached hydrogens (tertiary/aromatic N) is 4. The normalized spacial score (nSPS) is 16.1. The number of amides is 1. The monoisotopic (exact) mass is 602 g/mol. The molecule has 7 nitrogen and oxygen atoms in total. The fraction of sp³-hybridized carbons (Fsp3) is 0.345. The zero-order valence-electron chi connectivity index (χ0n) is 22.1. The Bertz CT molecular complexity index is 1700. The molecule has 2 N–H and O–H groups in total. The van der Waals surface area contributed by atoms with E-state index in [1.54, 1.807) is 35.0 Å². The van der Waals surface area contributed by atoms with Crippen LogP contribution in [0.4, 0.5) is 13.2 Å². The van der Waals surface area contributed by atoms with Crippen LogP contribution in [0.2, 0.25) is 10.0 Å². The minimum absolute atomic E-state index is 0.120. The highest BCUT2D eigenvalue weighted by molar-refractivity contribution is 6.42. The highest BCUT2D eigenvalue weighted by atomic mass is 35.5. The summed E-state index contributed by atoms with van der Waals surface area (Å²) in [5, 5.41) is 16.1. The van der Waals surface area contributed by atoms with Crippen molar-refractivity contribution in [2.75, 3.05) is 0 Å². The average Bonchev–Trinajstić information content (AvgIpc) is 3.85. The summed E-state index contributed by atoms with van der Waals surface area (Å²) < 4.78 is 46.4. The number of aromatic nitrogens is 4. The fourth-order valence-electron chi connectivity index (χ4n) is 5.23. The molecule has 41 heavy (non-hydrogen) atoms. The number of carbonyl (C=O) groups excluding carboxylic acids is 1. The molecular formula is C29H27Cl2F3N6O. The Morgan fingerprint density at radius 1 is 1.10 bits per heavy atom. The molecule has 2 fully saturated rings. The zero-order chi connectivity index (χ0) is 29.1. The molecule has 0 radical (unpaired) electrons. The number of hydrogen-bond donors (Lipinski definition) is 2. The molecule has 0 bridgehead atoms. The standard InChI is InChI=1S/C29H27Cl2F3N6O/c1-38-15-22(26(37-38)29(32,33)34)19-10-16(14-39-8-9-40(28(39)35)21-5-6-21)11-20(12-19)27(41)36-25(17-2-3-17)18-4-7-23(30)24(31)13-18/h4,7-13,15,17,21,25,35H,2-3,5-6,14H2,1H3,(H,36,41). The van der Waals surface area contributed by atoms with Gasteiger partial charge < -0.3 is 14.5 Å². The van der Waals surface area contributed by atoms with Gasteiger partial charge in [-0.05, 0) is 78.6 Å². The van der Waals surface area contributed by atoms with E-state index < -0.39 is 17.8 Å². The summed E-state index contributed by atoms with van der Waals surface area (Å²) in [6.45, 7) is 0.215. The van der Waals surface area contributed by atoms with E-state index in [-0.39, 0.29) is 35.2 Å². The van der Waals surface area contributed by atoms with E-state index in [1.165, 1.54) is 19.3 Å². The third kappa shape index (κ3) is 5.81. The van der Waals surface area contributed by atoms with E-state index in [0.29, 0.717) is 27.3 Å². The lowest BCUT2D eigenvalue weighted by Gasteiger charge is -2.20. The smallest absolute Gasteiger partial charge is 0.345 e. The van der Waals surface area contributed by atoms with Crippen molar-refractivity contribution in [1.29, 1.82) is 5.41 Å². The number of nitrogens with one attached hydrogen (secondary N) is 2. The van der Waals surface area contributed by atoms with Gasteiger partial charge in [-0.15, -0.1) is 0 Å². The van der Waals surface area contributed by atoms with Crippen LogP contribution in [0, 0.1) is 11.3 Å². The average molecular weight is 603 g/mol.